The largest absolute Gasteiger partial charge is 0.316 e. The molecule has 5 heteroatoms. The molecule has 0 amide bonds. The van der Waals surface area contributed by atoms with Crippen LogP contribution < -0.4 is 5.32 Å². The van der Waals surface area contributed by atoms with Crippen molar-refractivity contribution in [1.82, 2.24) is 5.32 Å². The second-order valence-corrected chi connectivity index (χ2v) is 6.30. The van der Waals surface area contributed by atoms with E-state index in [2.05, 4.69) is 5.32 Å². The highest BCUT2D eigenvalue weighted by atomic mass is 19.3. The molecule has 0 aromatic heterocycles. The Morgan fingerprint density at radius 3 is 2.36 bits per heavy atom. The average molecular weight is 327 g/mol. The van der Waals surface area contributed by atoms with E-state index < -0.39 is 11.8 Å². The van der Waals surface area contributed by atoms with Crippen LogP contribution in [0.4, 0.5) is 17.6 Å². The lowest BCUT2D eigenvalue weighted by atomic mass is 9.73. The molecule has 22 heavy (non-hydrogen) atoms. The zero-order valence-corrected chi connectivity index (χ0v) is 14.7. The molecule has 1 aliphatic rings. The van der Waals surface area contributed by atoms with Crippen molar-refractivity contribution in [2.45, 2.75) is 90.5 Å². The molecule has 134 valence electrons. The summed E-state index contributed by atoms with van der Waals surface area (Å²) in [6, 6.07) is -0.365. The Morgan fingerprint density at radius 1 is 1.27 bits per heavy atom. The minimum atomic E-state index is -2.67. The number of nitrogens with one attached hydrogen (secondary N) is 1. The van der Waals surface area contributed by atoms with Crippen molar-refractivity contribution in [2.24, 2.45) is 11.8 Å². The molecule has 1 rings (SSSR count). The van der Waals surface area contributed by atoms with Gasteiger partial charge in [-0.25, -0.2) is 17.6 Å². The van der Waals surface area contributed by atoms with E-state index >= 15 is 0 Å². The third-order valence-electron chi connectivity index (χ3n) is 4.50. The Bertz CT molecular complexity index is 294. The van der Waals surface area contributed by atoms with Crippen molar-refractivity contribution in [2.75, 3.05) is 7.05 Å². The van der Waals surface area contributed by atoms with E-state index in [1.165, 1.54) is 0 Å². The van der Waals surface area contributed by atoms with Crippen LogP contribution in [-0.2, 0) is 0 Å². The Hall–Kier alpha value is -0.320. The van der Waals surface area contributed by atoms with Crippen molar-refractivity contribution in [3.05, 3.63) is 0 Å². The lowest BCUT2D eigenvalue weighted by Crippen LogP contribution is -2.46. The van der Waals surface area contributed by atoms with E-state index in [0.29, 0.717) is 12.8 Å². The van der Waals surface area contributed by atoms with Gasteiger partial charge in [0.15, 0.2) is 0 Å². The van der Waals surface area contributed by atoms with Crippen LogP contribution >= 0.6 is 0 Å². The van der Waals surface area contributed by atoms with E-state index in [1.807, 2.05) is 20.8 Å². The topological polar surface area (TPSA) is 12.0 Å². The van der Waals surface area contributed by atoms with Gasteiger partial charge in [-0.05, 0) is 31.7 Å². The molecule has 0 heterocycles. The Labute approximate surface area is 133 Å². The van der Waals surface area contributed by atoms with Crippen molar-refractivity contribution in [1.29, 1.82) is 0 Å². The zero-order valence-electron chi connectivity index (χ0n) is 14.7. The predicted octanol–water partition coefficient (Wildman–Crippen LogP) is 5.89. The third kappa shape index (κ3) is 7.30. The van der Waals surface area contributed by atoms with Gasteiger partial charge < -0.3 is 5.32 Å². The molecule has 1 fully saturated rings. The first-order chi connectivity index (χ1) is 10.2. The van der Waals surface area contributed by atoms with Gasteiger partial charge in [-0.15, -0.1) is 0 Å². The molecule has 0 spiro atoms. The number of halogens is 4. The van der Waals surface area contributed by atoms with Gasteiger partial charge in [-0.1, -0.05) is 34.1 Å². The first kappa shape index (κ1) is 21.7. The highest BCUT2D eigenvalue weighted by Crippen LogP contribution is 2.42. The molecule has 1 N–H and O–H groups in total. The minimum Gasteiger partial charge on any atom is -0.316 e. The summed E-state index contributed by atoms with van der Waals surface area (Å²) in [7, 11) is 1.64. The highest BCUT2D eigenvalue weighted by Gasteiger charge is 2.44. The lowest BCUT2D eigenvalue weighted by Gasteiger charge is -2.40. The number of hydrogen-bond donors (Lipinski definition) is 1. The zero-order chi connectivity index (χ0) is 17.4. The second-order valence-electron chi connectivity index (χ2n) is 6.30. The van der Waals surface area contributed by atoms with Crippen molar-refractivity contribution in [3.8, 4) is 0 Å². The normalized spacial score (nSPS) is 26.0. The SMILES string of the molecule is CC.CCCCC(F)(F)CC(C)C1CCC(F)(F)CC1NC. The monoisotopic (exact) mass is 327 g/mol. The van der Waals surface area contributed by atoms with E-state index in [0.717, 1.165) is 6.42 Å². The fourth-order valence-electron chi connectivity index (χ4n) is 3.31. The van der Waals surface area contributed by atoms with Crippen LogP contribution in [0.1, 0.15) is 72.6 Å². The van der Waals surface area contributed by atoms with Crippen LogP contribution in [0.5, 0.6) is 0 Å². The molecule has 0 saturated heterocycles. The molecule has 0 aliphatic heterocycles. The molecule has 3 atom stereocenters. The van der Waals surface area contributed by atoms with E-state index in [1.54, 1.807) is 14.0 Å². The van der Waals surface area contributed by atoms with Crippen LogP contribution in [0.3, 0.4) is 0 Å². The molecule has 1 aliphatic carbocycles. The summed E-state index contributed by atoms with van der Waals surface area (Å²) in [5, 5.41) is 2.89. The van der Waals surface area contributed by atoms with Gasteiger partial charge in [-0.2, -0.15) is 0 Å². The fourth-order valence-corrected chi connectivity index (χ4v) is 3.31. The number of unbranched alkanes of at least 4 members (excludes halogenated alkanes) is 1. The summed E-state index contributed by atoms with van der Waals surface area (Å²) in [4.78, 5) is 0. The molecule has 0 bridgehead atoms. The van der Waals surface area contributed by atoms with Gasteiger partial charge in [0.25, 0.3) is 0 Å². The minimum absolute atomic E-state index is 0.0906. The van der Waals surface area contributed by atoms with Crippen LogP contribution in [-0.4, -0.2) is 24.9 Å². The number of alkyl halides is 4. The second kappa shape index (κ2) is 9.74. The smallest absolute Gasteiger partial charge is 0.249 e. The van der Waals surface area contributed by atoms with Gasteiger partial charge in [0, 0.05) is 31.7 Å². The van der Waals surface area contributed by atoms with Crippen molar-refractivity contribution < 1.29 is 17.6 Å². The summed E-state index contributed by atoms with van der Waals surface area (Å²) < 4.78 is 54.5. The first-order valence-corrected chi connectivity index (χ1v) is 8.63. The lowest BCUT2D eigenvalue weighted by molar-refractivity contribution is -0.0790. The summed E-state index contributed by atoms with van der Waals surface area (Å²) >= 11 is 0. The van der Waals surface area contributed by atoms with Gasteiger partial charge in [0.2, 0.25) is 11.8 Å². The standard InChI is InChI=1S/C15H27F4N.C2H6/c1-4-5-7-14(16,17)9-11(2)12-6-8-15(18,19)10-13(12)20-3;1-2/h11-13,20H,4-10H2,1-3H3;1-2H3. The van der Waals surface area contributed by atoms with Crippen molar-refractivity contribution >= 4 is 0 Å². The summed E-state index contributed by atoms with van der Waals surface area (Å²) in [6.07, 6.45) is 0.877. The fraction of sp³-hybridized carbons (Fsp3) is 1.00. The van der Waals surface area contributed by atoms with E-state index in [9.17, 15) is 17.6 Å². The maximum Gasteiger partial charge on any atom is 0.249 e. The molecule has 3 unspecified atom stereocenters. The van der Waals surface area contributed by atoms with E-state index in [-0.39, 0.29) is 43.6 Å². The quantitative estimate of drug-likeness (QED) is 0.575. The molecule has 0 radical (unpaired) electrons. The number of rotatable bonds is 7. The van der Waals surface area contributed by atoms with E-state index in [4.69, 9.17) is 0 Å². The highest BCUT2D eigenvalue weighted by molar-refractivity contribution is 4.91. The first-order valence-electron chi connectivity index (χ1n) is 8.63. The molecule has 1 saturated carbocycles. The van der Waals surface area contributed by atoms with Crippen LogP contribution in [0.25, 0.3) is 0 Å². The summed E-state index contributed by atoms with van der Waals surface area (Å²) in [5.74, 6) is -5.66. The van der Waals surface area contributed by atoms with Crippen LogP contribution in [0.15, 0.2) is 0 Å². The van der Waals surface area contributed by atoms with Gasteiger partial charge in [-0.3, -0.25) is 0 Å². The molecule has 1 nitrogen and oxygen atoms in total. The summed E-state index contributed by atoms with van der Waals surface area (Å²) in [6.45, 7) is 7.66. The molecular weight excluding hydrogens is 294 g/mol. The Balaban J connectivity index is 0.00000211. The molecular formula is C17H33F4N. The van der Waals surface area contributed by atoms with Gasteiger partial charge >= 0.3 is 0 Å². The maximum absolute atomic E-state index is 13.8. The third-order valence-corrected chi connectivity index (χ3v) is 4.50. The molecule has 0 aromatic carbocycles. The van der Waals surface area contributed by atoms with Crippen molar-refractivity contribution in [3.63, 3.8) is 0 Å². The Morgan fingerprint density at radius 2 is 1.86 bits per heavy atom. The Kier molecular flexibility index (Phi) is 9.60. The van der Waals surface area contributed by atoms with Gasteiger partial charge in [0.05, 0.1) is 0 Å². The number of hydrogen-bond acceptors (Lipinski definition) is 1. The maximum atomic E-state index is 13.8. The average Bonchev–Trinajstić information content (AvgIpc) is 2.45. The predicted molar refractivity (Wildman–Crippen MR) is 84.7 cm³/mol. The summed E-state index contributed by atoms with van der Waals surface area (Å²) in [5.41, 5.74) is 0. The van der Waals surface area contributed by atoms with Crippen LogP contribution in [0.2, 0.25) is 0 Å². The van der Waals surface area contributed by atoms with Crippen LogP contribution in [0, 0.1) is 11.8 Å². The van der Waals surface area contributed by atoms with Gasteiger partial charge in [0.1, 0.15) is 0 Å². The molecule has 0 aromatic rings.